The Labute approximate surface area is 95.3 Å². The van der Waals surface area contributed by atoms with Crippen molar-refractivity contribution in [2.24, 2.45) is 0 Å². The third kappa shape index (κ3) is 1.27. The molecule has 0 aliphatic carbocycles. The van der Waals surface area contributed by atoms with Crippen LogP contribution in [0.15, 0.2) is 35.7 Å². The predicted octanol–water partition coefficient (Wildman–Crippen LogP) is 2.73. The second-order valence-corrected chi connectivity index (χ2v) is 4.36. The molecule has 1 aliphatic rings. The van der Waals surface area contributed by atoms with Crippen LogP contribution in [-0.4, -0.2) is 11.9 Å². The van der Waals surface area contributed by atoms with Crippen LogP contribution in [0.4, 0.5) is 0 Å². The highest BCUT2D eigenvalue weighted by molar-refractivity contribution is 7.13. The Morgan fingerprint density at radius 1 is 1.00 bits per heavy atom. The van der Waals surface area contributed by atoms with Gasteiger partial charge in [-0.25, -0.2) is 9.59 Å². The first-order valence-corrected chi connectivity index (χ1v) is 5.58. The van der Waals surface area contributed by atoms with Gasteiger partial charge in [0, 0.05) is 4.88 Å². The summed E-state index contributed by atoms with van der Waals surface area (Å²) in [5, 5.41) is 1.96. The molecule has 0 atom stereocenters. The second kappa shape index (κ2) is 3.28. The fourth-order valence-corrected chi connectivity index (χ4v) is 2.41. The molecular formula is C12H6O3S. The molecule has 2 heterocycles. The van der Waals surface area contributed by atoms with Crippen LogP contribution in [0.1, 0.15) is 20.7 Å². The predicted molar refractivity (Wildman–Crippen MR) is 59.5 cm³/mol. The third-order valence-electron chi connectivity index (χ3n) is 2.45. The zero-order chi connectivity index (χ0) is 11.1. The van der Waals surface area contributed by atoms with Crippen LogP contribution in [0.25, 0.3) is 10.4 Å². The normalized spacial score (nSPS) is 13.8. The molecule has 2 aromatic rings. The minimum atomic E-state index is -0.558. The summed E-state index contributed by atoms with van der Waals surface area (Å²) in [5.74, 6) is -1.11. The monoisotopic (exact) mass is 230 g/mol. The molecule has 0 saturated heterocycles. The number of carbonyl (C=O) groups excluding carboxylic acids is 2. The van der Waals surface area contributed by atoms with Crippen LogP contribution in [0, 0.1) is 0 Å². The molecule has 0 N–H and O–H groups in total. The molecule has 0 radical (unpaired) electrons. The average Bonchev–Trinajstić information content (AvgIpc) is 2.88. The number of rotatable bonds is 1. The van der Waals surface area contributed by atoms with E-state index in [9.17, 15) is 9.59 Å². The fraction of sp³-hybridized carbons (Fsp3) is 0. The summed E-state index contributed by atoms with van der Waals surface area (Å²) in [6.45, 7) is 0. The maximum Gasteiger partial charge on any atom is 0.346 e. The van der Waals surface area contributed by atoms with Crippen molar-refractivity contribution in [3.8, 4) is 10.4 Å². The van der Waals surface area contributed by atoms with Crippen LogP contribution in [0.5, 0.6) is 0 Å². The Morgan fingerprint density at radius 3 is 2.56 bits per heavy atom. The molecule has 0 unspecified atom stereocenters. The van der Waals surface area contributed by atoms with Crippen molar-refractivity contribution in [1.29, 1.82) is 0 Å². The maximum atomic E-state index is 11.4. The molecule has 3 rings (SSSR count). The summed E-state index contributed by atoms with van der Waals surface area (Å²) in [7, 11) is 0. The lowest BCUT2D eigenvalue weighted by Gasteiger charge is -1.98. The van der Waals surface area contributed by atoms with E-state index in [-0.39, 0.29) is 0 Å². The Hall–Kier alpha value is -1.94. The summed E-state index contributed by atoms with van der Waals surface area (Å²) in [6.07, 6.45) is 0. The Bertz CT molecular complexity index is 584. The molecule has 3 nitrogen and oxygen atoms in total. The summed E-state index contributed by atoms with van der Waals surface area (Å²) in [4.78, 5) is 23.7. The van der Waals surface area contributed by atoms with E-state index in [0.29, 0.717) is 11.1 Å². The first kappa shape index (κ1) is 9.30. The highest BCUT2D eigenvalue weighted by Crippen LogP contribution is 2.29. The van der Waals surface area contributed by atoms with Crippen molar-refractivity contribution in [1.82, 2.24) is 0 Å². The molecule has 0 amide bonds. The van der Waals surface area contributed by atoms with Gasteiger partial charge in [0.05, 0.1) is 11.1 Å². The molecule has 0 bridgehead atoms. The van der Waals surface area contributed by atoms with Gasteiger partial charge in [-0.3, -0.25) is 0 Å². The molecule has 16 heavy (non-hydrogen) atoms. The highest BCUT2D eigenvalue weighted by Gasteiger charge is 2.29. The van der Waals surface area contributed by atoms with Gasteiger partial charge in [-0.05, 0) is 29.1 Å². The summed E-state index contributed by atoms with van der Waals surface area (Å²) in [5.41, 5.74) is 1.64. The molecule has 0 spiro atoms. The fourth-order valence-electron chi connectivity index (χ4n) is 1.68. The molecule has 78 valence electrons. The SMILES string of the molecule is O=C1OC(=O)c2cc(-c3cccs3)ccc21. The number of cyclic esters (lactones) is 2. The summed E-state index contributed by atoms with van der Waals surface area (Å²) in [6, 6.07) is 9.07. The largest absolute Gasteiger partial charge is 0.386 e. The van der Waals surface area contributed by atoms with E-state index in [0.717, 1.165) is 10.4 Å². The first-order chi connectivity index (χ1) is 7.75. The van der Waals surface area contributed by atoms with Crippen molar-refractivity contribution < 1.29 is 14.3 Å². The van der Waals surface area contributed by atoms with Crippen molar-refractivity contribution >= 4 is 23.3 Å². The van der Waals surface area contributed by atoms with Crippen molar-refractivity contribution in [3.05, 3.63) is 46.8 Å². The molecule has 0 saturated carbocycles. The Kier molecular flexibility index (Phi) is 1.91. The number of thiophene rings is 1. The number of ether oxygens (including phenoxy) is 1. The van der Waals surface area contributed by atoms with E-state index < -0.39 is 11.9 Å². The van der Waals surface area contributed by atoms with E-state index in [1.165, 1.54) is 0 Å². The number of esters is 2. The van der Waals surface area contributed by atoms with Gasteiger partial charge in [0.2, 0.25) is 0 Å². The minimum Gasteiger partial charge on any atom is -0.386 e. The van der Waals surface area contributed by atoms with Gasteiger partial charge in [-0.2, -0.15) is 0 Å². The van der Waals surface area contributed by atoms with E-state index in [1.807, 2.05) is 23.6 Å². The van der Waals surface area contributed by atoms with Crippen LogP contribution in [0.2, 0.25) is 0 Å². The maximum absolute atomic E-state index is 11.4. The van der Waals surface area contributed by atoms with Crippen molar-refractivity contribution in [2.45, 2.75) is 0 Å². The standard InChI is InChI=1S/C12H6O3S/c13-11-8-4-3-7(10-2-1-5-16-10)6-9(8)12(14)15-11/h1-6H. The number of hydrogen-bond acceptors (Lipinski definition) is 4. The molecule has 0 fully saturated rings. The zero-order valence-corrected chi connectivity index (χ0v) is 8.91. The lowest BCUT2D eigenvalue weighted by molar-refractivity contribution is 0.0444. The lowest BCUT2D eigenvalue weighted by Crippen LogP contribution is -1.96. The third-order valence-corrected chi connectivity index (χ3v) is 3.37. The quantitative estimate of drug-likeness (QED) is 0.559. The van der Waals surface area contributed by atoms with E-state index in [1.54, 1.807) is 23.5 Å². The zero-order valence-electron chi connectivity index (χ0n) is 8.10. The number of fused-ring (bicyclic) bond motifs is 1. The molecule has 4 heteroatoms. The molecule has 1 aromatic heterocycles. The number of carbonyl (C=O) groups is 2. The smallest absolute Gasteiger partial charge is 0.346 e. The molecule has 1 aromatic carbocycles. The summed E-state index contributed by atoms with van der Waals surface area (Å²) >= 11 is 1.59. The minimum absolute atomic E-state index is 0.352. The van der Waals surface area contributed by atoms with E-state index >= 15 is 0 Å². The van der Waals surface area contributed by atoms with Gasteiger partial charge in [0.25, 0.3) is 0 Å². The molecular weight excluding hydrogens is 224 g/mol. The average molecular weight is 230 g/mol. The Balaban J connectivity index is 2.17. The van der Waals surface area contributed by atoms with Gasteiger partial charge in [0.15, 0.2) is 0 Å². The van der Waals surface area contributed by atoms with E-state index in [4.69, 9.17) is 0 Å². The summed E-state index contributed by atoms with van der Waals surface area (Å²) < 4.78 is 4.53. The Morgan fingerprint density at radius 2 is 1.81 bits per heavy atom. The van der Waals surface area contributed by atoms with Gasteiger partial charge in [0.1, 0.15) is 0 Å². The second-order valence-electron chi connectivity index (χ2n) is 3.41. The van der Waals surface area contributed by atoms with Gasteiger partial charge >= 0.3 is 11.9 Å². The van der Waals surface area contributed by atoms with Crippen molar-refractivity contribution in [3.63, 3.8) is 0 Å². The van der Waals surface area contributed by atoms with Crippen LogP contribution in [-0.2, 0) is 4.74 Å². The van der Waals surface area contributed by atoms with Gasteiger partial charge < -0.3 is 4.74 Å². The molecule has 1 aliphatic heterocycles. The lowest BCUT2D eigenvalue weighted by atomic mass is 10.0. The highest BCUT2D eigenvalue weighted by atomic mass is 32.1. The van der Waals surface area contributed by atoms with Crippen LogP contribution >= 0.6 is 11.3 Å². The van der Waals surface area contributed by atoms with Gasteiger partial charge in [-0.15, -0.1) is 11.3 Å². The van der Waals surface area contributed by atoms with Crippen molar-refractivity contribution in [2.75, 3.05) is 0 Å². The van der Waals surface area contributed by atoms with Crippen LogP contribution < -0.4 is 0 Å². The van der Waals surface area contributed by atoms with Crippen LogP contribution in [0.3, 0.4) is 0 Å². The topological polar surface area (TPSA) is 43.4 Å². The number of hydrogen-bond donors (Lipinski definition) is 0. The number of benzene rings is 1. The first-order valence-electron chi connectivity index (χ1n) is 4.70. The van der Waals surface area contributed by atoms with E-state index in [2.05, 4.69) is 4.74 Å². The van der Waals surface area contributed by atoms with Gasteiger partial charge in [-0.1, -0.05) is 12.1 Å².